The van der Waals surface area contributed by atoms with Crippen molar-refractivity contribution in [1.29, 1.82) is 0 Å². The second-order valence-electron chi connectivity index (χ2n) is 5.81. The fraction of sp³-hybridized carbons (Fsp3) is 0.400. The smallest absolute Gasteiger partial charge is 0.361 e. The number of hydrogen-bond acceptors (Lipinski definition) is 4. The summed E-state index contributed by atoms with van der Waals surface area (Å²) in [6, 6.07) is 7.46. The Balaban J connectivity index is 2.17. The number of halogens is 1. The molecule has 0 saturated heterocycles. The van der Waals surface area contributed by atoms with Crippen LogP contribution in [-0.2, 0) is 11.3 Å². The minimum atomic E-state index is -0.552. The SMILES string of the molecule is Cc1c(C(=O)OC(C)(C)C)nnn1Cc1ccc(Cl)cc1. The maximum atomic E-state index is 12.0. The predicted molar refractivity (Wildman–Crippen MR) is 80.5 cm³/mol. The van der Waals surface area contributed by atoms with Crippen LogP contribution in [0.2, 0.25) is 5.02 Å². The van der Waals surface area contributed by atoms with Crippen molar-refractivity contribution in [2.45, 2.75) is 39.8 Å². The van der Waals surface area contributed by atoms with E-state index in [0.29, 0.717) is 17.3 Å². The normalized spacial score (nSPS) is 11.5. The molecule has 5 nitrogen and oxygen atoms in total. The quantitative estimate of drug-likeness (QED) is 0.817. The molecule has 2 rings (SSSR count). The fourth-order valence-electron chi connectivity index (χ4n) is 1.79. The van der Waals surface area contributed by atoms with Crippen LogP contribution in [0, 0.1) is 6.92 Å². The Kier molecular flexibility index (Phi) is 4.32. The Bertz CT molecular complexity index is 642. The minimum Gasteiger partial charge on any atom is -0.455 e. The maximum Gasteiger partial charge on any atom is 0.361 e. The summed E-state index contributed by atoms with van der Waals surface area (Å²) in [5, 5.41) is 8.63. The number of carbonyl (C=O) groups excluding carboxylic acids is 1. The van der Waals surface area contributed by atoms with Crippen LogP contribution in [0.4, 0.5) is 0 Å². The van der Waals surface area contributed by atoms with E-state index in [1.807, 2.05) is 45.0 Å². The molecule has 1 aromatic carbocycles. The molecule has 21 heavy (non-hydrogen) atoms. The molecule has 6 heteroatoms. The molecule has 1 aromatic heterocycles. The van der Waals surface area contributed by atoms with E-state index in [4.69, 9.17) is 16.3 Å². The Morgan fingerprint density at radius 3 is 2.48 bits per heavy atom. The summed E-state index contributed by atoms with van der Waals surface area (Å²) in [5.41, 5.74) is 1.41. The number of hydrogen-bond donors (Lipinski definition) is 0. The van der Waals surface area contributed by atoms with Gasteiger partial charge < -0.3 is 4.74 Å². The number of ether oxygens (including phenoxy) is 1. The molecule has 0 N–H and O–H groups in total. The summed E-state index contributed by atoms with van der Waals surface area (Å²) in [4.78, 5) is 12.0. The summed E-state index contributed by atoms with van der Waals surface area (Å²) in [7, 11) is 0. The molecule has 0 unspecified atom stereocenters. The molecular formula is C15H18ClN3O2. The van der Waals surface area contributed by atoms with Crippen molar-refractivity contribution in [3.8, 4) is 0 Å². The number of aromatic nitrogens is 3. The second kappa shape index (κ2) is 5.85. The van der Waals surface area contributed by atoms with Gasteiger partial charge in [-0.2, -0.15) is 0 Å². The van der Waals surface area contributed by atoms with Gasteiger partial charge in [0.2, 0.25) is 0 Å². The molecule has 0 saturated carbocycles. The van der Waals surface area contributed by atoms with Crippen molar-refractivity contribution in [2.75, 3.05) is 0 Å². The Labute approximate surface area is 128 Å². The fourth-order valence-corrected chi connectivity index (χ4v) is 1.91. The van der Waals surface area contributed by atoms with Gasteiger partial charge in [-0.05, 0) is 45.4 Å². The Morgan fingerprint density at radius 1 is 1.29 bits per heavy atom. The van der Waals surface area contributed by atoms with E-state index >= 15 is 0 Å². The highest BCUT2D eigenvalue weighted by Crippen LogP contribution is 2.15. The first-order valence-electron chi connectivity index (χ1n) is 6.64. The lowest BCUT2D eigenvalue weighted by Crippen LogP contribution is -2.24. The molecule has 2 aromatic rings. The average molecular weight is 308 g/mol. The third-order valence-electron chi connectivity index (χ3n) is 2.82. The van der Waals surface area contributed by atoms with E-state index in [-0.39, 0.29) is 5.69 Å². The summed E-state index contributed by atoms with van der Waals surface area (Å²) in [5.74, 6) is -0.456. The zero-order chi connectivity index (χ0) is 15.6. The number of carbonyl (C=O) groups is 1. The monoisotopic (exact) mass is 307 g/mol. The molecule has 0 spiro atoms. The summed E-state index contributed by atoms with van der Waals surface area (Å²) < 4.78 is 6.98. The predicted octanol–water partition coefficient (Wildman–Crippen LogP) is 3.24. The van der Waals surface area contributed by atoms with Gasteiger partial charge in [0.25, 0.3) is 0 Å². The van der Waals surface area contributed by atoms with Crippen LogP contribution >= 0.6 is 11.6 Å². The highest BCUT2D eigenvalue weighted by Gasteiger charge is 2.23. The summed E-state index contributed by atoms with van der Waals surface area (Å²) >= 11 is 5.86. The van der Waals surface area contributed by atoms with Crippen LogP contribution < -0.4 is 0 Å². The average Bonchev–Trinajstić information content (AvgIpc) is 2.72. The zero-order valence-electron chi connectivity index (χ0n) is 12.6. The molecule has 0 amide bonds. The van der Waals surface area contributed by atoms with Gasteiger partial charge in [-0.3, -0.25) is 0 Å². The van der Waals surface area contributed by atoms with Gasteiger partial charge in [-0.25, -0.2) is 9.48 Å². The first kappa shape index (κ1) is 15.5. The van der Waals surface area contributed by atoms with E-state index < -0.39 is 11.6 Å². The highest BCUT2D eigenvalue weighted by atomic mass is 35.5. The van der Waals surface area contributed by atoms with Gasteiger partial charge in [0.1, 0.15) is 5.60 Å². The van der Waals surface area contributed by atoms with Crippen LogP contribution in [0.25, 0.3) is 0 Å². The van der Waals surface area contributed by atoms with Crippen molar-refractivity contribution < 1.29 is 9.53 Å². The van der Waals surface area contributed by atoms with Gasteiger partial charge >= 0.3 is 5.97 Å². The molecule has 0 atom stereocenters. The van der Waals surface area contributed by atoms with E-state index in [1.165, 1.54) is 0 Å². The number of benzene rings is 1. The zero-order valence-corrected chi connectivity index (χ0v) is 13.3. The standard InChI is InChI=1S/C15H18ClN3O2/c1-10-13(14(20)21-15(2,3)4)17-18-19(10)9-11-5-7-12(16)8-6-11/h5-8H,9H2,1-4H3. The first-order chi connectivity index (χ1) is 9.76. The number of esters is 1. The maximum absolute atomic E-state index is 12.0. The molecular weight excluding hydrogens is 290 g/mol. The molecule has 0 aliphatic heterocycles. The molecule has 112 valence electrons. The summed E-state index contributed by atoms with van der Waals surface area (Å²) in [6.07, 6.45) is 0. The molecule has 0 fully saturated rings. The molecule has 1 heterocycles. The summed E-state index contributed by atoms with van der Waals surface area (Å²) in [6.45, 7) is 7.78. The van der Waals surface area contributed by atoms with Crippen molar-refractivity contribution >= 4 is 17.6 Å². The van der Waals surface area contributed by atoms with E-state index in [9.17, 15) is 4.79 Å². The van der Waals surface area contributed by atoms with Crippen LogP contribution in [0.3, 0.4) is 0 Å². The third-order valence-corrected chi connectivity index (χ3v) is 3.07. The van der Waals surface area contributed by atoms with Gasteiger partial charge in [0.05, 0.1) is 12.2 Å². The minimum absolute atomic E-state index is 0.249. The lowest BCUT2D eigenvalue weighted by Gasteiger charge is -2.18. The van der Waals surface area contributed by atoms with Crippen LogP contribution in [0.1, 0.15) is 42.5 Å². The number of nitrogens with zero attached hydrogens (tertiary/aromatic N) is 3. The molecule has 0 aliphatic rings. The van der Waals surface area contributed by atoms with Crippen LogP contribution in [0.5, 0.6) is 0 Å². The first-order valence-corrected chi connectivity index (χ1v) is 7.02. The largest absolute Gasteiger partial charge is 0.455 e. The lowest BCUT2D eigenvalue weighted by molar-refractivity contribution is 0.00619. The number of rotatable bonds is 3. The van der Waals surface area contributed by atoms with Gasteiger partial charge in [-0.1, -0.05) is 28.9 Å². The van der Waals surface area contributed by atoms with E-state index in [0.717, 1.165) is 5.56 Å². The molecule has 0 radical (unpaired) electrons. The van der Waals surface area contributed by atoms with Crippen molar-refractivity contribution in [3.63, 3.8) is 0 Å². The highest BCUT2D eigenvalue weighted by molar-refractivity contribution is 6.30. The van der Waals surface area contributed by atoms with Gasteiger partial charge in [-0.15, -0.1) is 5.10 Å². The topological polar surface area (TPSA) is 57.0 Å². The van der Waals surface area contributed by atoms with Crippen LogP contribution in [-0.4, -0.2) is 26.6 Å². The van der Waals surface area contributed by atoms with Gasteiger partial charge in [0.15, 0.2) is 5.69 Å². The third kappa shape index (κ3) is 4.04. The van der Waals surface area contributed by atoms with Gasteiger partial charge in [0, 0.05) is 5.02 Å². The second-order valence-corrected chi connectivity index (χ2v) is 6.25. The van der Waals surface area contributed by atoms with Crippen LogP contribution in [0.15, 0.2) is 24.3 Å². The Morgan fingerprint density at radius 2 is 1.90 bits per heavy atom. The van der Waals surface area contributed by atoms with Crippen molar-refractivity contribution in [3.05, 3.63) is 46.2 Å². The Hall–Kier alpha value is -1.88. The van der Waals surface area contributed by atoms with E-state index in [1.54, 1.807) is 11.6 Å². The lowest BCUT2D eigenvalue weighted by atomic mass is 10.2. The molecule has 0 aliphatic carbocycles. The van der Waals surface area contributed by atoms with Crippen molar-refractivity contribution in [1.82, 2.24) is 15.0 Å². The molecule has 0 bridgehead atoms. The van der Waals surface area contributed by atoms with E-state index in [2.05, 4.69) is 10.3 Å². The van der Waals surface area contributed by atoms with Crippen molar-refractivity contribution in [2.24, 2.45) is 0 Å².